The molecule has 138 valence electrons. The summed E-state index contributed by atoms with van der Waals surface area (Å²) < 4.78 is 21.6. The molecule has 1 aliphatic rings. The normalized spacial score (nSPS) is 18.7. The molecule has 1 aliphatic heterocycles. The number of phenols is 1. The van der Waals surface area contributed by atoms with E-state index in [1.807, 2.05) is 0 Å². The predicted molar refractivity (Wildman–Crippen MR) is 92.7 cm³/mol. The quantitative estimate of drug-likeness (QED) is 0.842. The Balaban J connectivity index is 2.05. The van der Waals surface area contributed by atoms with Gasteiger partial charge in [0.15, 0.2) is 17.1 Å². The number of methoxy groups -OCH3 is 3. The maximum Gasteiger partial charge on any atom is 0.205 e. The predicted octanol–water partition coefficient (Wildman–Crippen LogP) is 1.97. The molecule has 0 aromatic heterocycles. The van der Waals surface area contributed by atoms with Crippen molar-refractivity contribution < 1.29 is 34.0 Å². The van der Waals surface area contributed by atoms with Crippen molar-refractivity contribution in [3.8, 4) is 28.7 Å². The van der Waals surface area contributed by atoms with E-state index in [1.54, 1.807) is 12.1 Å². The Morgan fingerprint density at radius 1 is 1.08 bits per heavy atom. The second kappa shape index (κ2) is 6.76. The van der Waals surface area contributed by atoms with Crippen LogP contribution in [0, 0.1) is 0 Å². The van der Waals surface area contributed by atoms with Crippen molar-refractivity contribution >= 4 is 5.78 Å². The average Bonchev–Trinajstić information content (AvgIpc) is 2.65. The van der Waals surface area contributed by atoms with Gasteiger partial charge in [0, 0.05) is 12.5 Å². The minimum atomic E-state index is -1.77. The molecule has 0 amide bonds. The first-order chi connectivity index (χ1) is 12.4. The standard InChI is InChI=1S/C19H20O7/c1-23-14-8-13-15(17(25-3)16(14)24-2)18(21)19(22,10-26-13)9-11-4-6-12(20)7-5-11/h4-8,20,22H,9-10H2,1-3H3/t19-/m1/s1. The molecule has 1 heterocycles. The Morgan fingerprint density at radius 2 is 1.73 bits per heavy atom. The molecule has 2 aromatic rings. The van der Waals surface area contributed by atoms with Crippen molar-refractivity contribution in [2.45, 2.75) is 12.0 Å². The SMILES string of the molecule is COc1cc2c(c(OC)c1OC)C(=O)[C@@](O)(Cc1ccc(O)cc1)CO2. The number of phenolic OH excluding ortho intramolecular Hbond substituents is 1. The second-order valence-electron chi connectivity index (χ2n) is 6.01. The Kier molecular flexibility index (Phi) is 4.65. The number of ether oxygens (including phenoxy) is 4. The van der Waals surface area contributed by atoms with Gasteiger partial charge in [0.05, 0.1) is 21.3 Å². The molecule has 0 spiro atoms. The van der Waals surface area contributed by atoms with Gasteiger partial charge < -0.3 is 29.2 Å². The van der Waals surface area contributed by atoms with E-state index in [9.17, 15) is 15.0 Å². The summed E-state index contributed by atoms with van der Waals surface area (Å²) in [5.74, 6) is 0.607. The lowest BCUT2D eigenvalue weighted by Crippen LogP contribution is -2.49. The highest BCUT2D eigenvalue weighted by Crippen LogP contribution is 2.48. The Hall–Kier alpha value is -2.93. The molecule has 26 heavy (non-hydrogen) atoms. The molecule has 1 atom stereocenters. The molecule has 7 nitrogen and oxygen atoms in total. The van der Waals surface area contributed by atoms with Gasteiger partial charge >= 0.3 is 0 Å². The molecule has 7 heteroatoms. The van der Waals surface area contributed by atoms with E-state index >= 15 is 0 Å². The van der Waals surface area contributed by atoms with E-state index in [0.29, 0.717) is 11.3 Å². The summed E-state index contributed by atoms with van der Waals surface area (Å²) in [6, 6.07) is 7.81. The minimum absolute atomic E-state index is 0.0308. The van der Waals surface area contributed by atoms with E-state index in [2.05, 4.69) is 0 Å². The van der Waals surface area contributed by atoms with E-state index in [-0.39, 0.29) is 41.6 Å². The number of aliphatic hydroxyl groups is 1. The van der Waals surface area contributed by atoms with Crippen LogP contribution in [0.3, 0.4) is 0 Å². The average molecular weight is 360 g/mol. The van der Waals surface area contributed by atoms with E-state index in [1.165, 1.54) is 39.5 Å². The van der Waals surface area contributed by atoms with Crippen LogP contribution in [0.2, 0.25) is 0 Å². The van der Waals surface area contributed by atoms with E-state index in [4.69, 9.17) is 18.9 Å². The fourth-order valence-corrected chi connectivity index (χ4v) is 3.04. The third-order valence-corrected chi connectivity index (χ3v) is 4.34. The minimum Gasteiger partial charge on any atom is -0.508 e. The Labute approximate surface area is 150 Å². The van der Waals surface area contributed by atoms with Crippen LogP contribution < -0.4 is 18.9 Å². The molecule has 2 aromatic carbocycles. The molecule has 0 aliphatic carbocycles. The summed E-state index contributed by atoms with van der Waals surface area (Å²) in [5, 5.41) is 20.3. The van der Waals surface area contributed by atoms with Crippen LogP contribution in [0.15, 0.2) is 30.3 Å². The number of rotatable bonds is 5. The summed E-state index contributed by atoms with van der Waals surface area (Å²) >= 11 is 0. The van der Waals surface area contributed by atoms with E-state index < -0.39 is 11.4 Å². The van der Waals surface area contributed by atoms with Gasteiger partial charge in [0.2, 0.25) is 11.5 Å². The smallest absolute Gasteiger partial charge is 0.205 e. The summed E-state index contributed by atoms with van der Waals surface area (Å²) in [6.45, 7) is -0.210. The van der Waals surface area contributed by atoms with Crippen molar-refractivity contribution in [2.75, 3.05) is 27.9 Å². The highest BCUT2D eigenvalue weighted by Gasteiger charge is 2.45. The molecule has 0 radical (unpaired) electrons. The van der Waals surface area contributed by atoms with Crippen molar-refractivity contribution in [3.63, 3.8) is 0 Å². The maximum absolute atomic E-state index is 13.1. The van der Waals surface area contributed by atoms with Crippen molar-refractivity contribution in [1.29, 1.82) is 0 Å². The summed E-state index contributed by atoms with van der Waals surface area (Å²) in [6.07, 6.45) is 0.0308. The van der Waals surface area contributed by atoms with Crippen LogP contribution in [0.1, 0.15) is 15.9 Å². The van der Waals surface area contributed by atoms with Crippen LogP contribution in [0.25, 0.3) is 0 Å². The third-order valence-electron chi connectivity index (χ3n) is 4.34. The number of hydrogen-bond acceptors (Lipinski definition) is 7. The number of hydrogen-bond donors (Lipinski definition) is 2. The monoisotopic (exact) mass is 360 g/mol. The fourth-order valence-electron chi connectivity index (χ4n) is 3.04. The fraction of sp³-hybridized carbons (Fsp3) is 0.316. The van der Waals surface area contributed by atoms with Crippen molar-refractivity contribution in [1.82, 2.24) is 0 Å². The third kappa shape index (κ3) is 2.90. The topological polar surface area (TPSA) is 94.5 Å². The van der Waals surface area contributed by atoms with Gasteiger partial charge in [-0.3, -0.25) is 4.79 Å². The summed E-state index contributed by atoms with van der Waals surface area (Å²) in [5.41, 5.74) is -0.973. The van der Waals surface area contributed by atoms with Crippen LogP contribution >= 0.6 is 0 Å². The first kappa shape index (κ1) is 17.9. The van der Waals surface area contributed by atoms with Gasteiger partial charge in [-0.1, -0.05) is 12.1 Å². The number of carbonyl (C=O) groups excluding carboxylic acids is 1. The van der Waals surface area contributed by atoms with E-state index in [0.717, 1.165) is 0 Å². The molecule has 0 unspecified atom stereocenters. The number of carbonyl (C=O) groups is 1. The first-order valence-corrected chi connectivity index (χ1v) is 7.94. The Morgan fingerprint density at radius 3 is 2.31 bits per heavy atom. The molecule has 0 saturated carbocycles. The van der Waals surface area contributed by atoms with Crippen molar-refractivity contribution in [3.05, 3.63) is 41.5 Å². The number of Topliss-reactive ketones (excluding diaryl/α,β-unsaturated/α-hetero) is 1. The van der Waals surface area contributed by atoms with Gasteiger partial charge in [-0.2, -0.15) is 0 Å². The molecular formula is C19H20O7. The molecule has 3 rings (SSSR count). The van der Waals surface area contributed by atoms with Gasteiger partial charge in [-0.15, -0.1) is 0 Å². The van der Waals surface area contributed by atoms with Gasteiger partial charge in [-0.25, -0.2) is 0 Å². The highest BCUT2D eigenvalue weighted by molar-refractivity contribution is 6.09. The van der Waals surface area contributed by atoms with Crippen LogP contribution in [0.4, 0.5) is 0 Å². The van der Waals surface area contributed by atoms with Gasteiger partial charge in [0.1, 0.15) is 23.7 Å². The Bertz CT molecular complexity index is 829. The van der Waals surface area contributed by atoms with Crippen LogP contribution in [0.5, 0.6) is 28.7 Å². The zero-order chi connectivity index (χ0) is 18.9. The first-order valence-electron chi connectivity index (χ1n) is 7.94. The molecule has 0 saturated heterocycles. The summed E-state index contributed by atoms with van der Waals surface area (Å²) in [4.78, 5) is 13.1. The van der Waals surface area contributed by atoms with Gasteiger partial charge in [-0.05, 0) is 17.7 Å². The molecule has 0 fully saturated rings. The lowest BCUT2D eigenvalue weighted by atomic mass is 9.84. The van der Waals surface area contributed by atoms with Gasteiger partial charge in [0.25, 0.3) is 0 Å². The lowest BCUT2D eigenvalue weighted by Gasteiger charge is -2.33. The van der Waals surface area contributed by atoms with Crippen LogP contribution in [-0.2, 0) is 6.42 Å². The second-order valence-corrected chi connectivity index (χ2v) is 6.01. The number of aromatic hydroxyl groups is 1. The lowest BCUT2D eigenvalue weighted by molar-refractivity contribution is -0.00250. The zero-order valence-corrected chi connectivity index (χ0v) is 14.7. The number of ketones is 1. The maximum atomic E-state index is 13.1. The summed E-state index contributed by atoms with van der Waals surface area (Å²) in [7, 11) is 4.30. The molecular weight excluding hydrogens is 340 g/mol. The highest BCUT2D eigenvalue weighted by atomic mass is 16.5. The number of benzene rings is 2. The molecule has 0 bridgehead atoms. The van der Waals surface area contributed by atoms with Crippen LogP contribution in [-0.4, -0.2) is 49.5 Å². The van der Waals surface area contributed by atoms with Crippen molar-refractivity contribution in [2.24, 2.45) is 0 Å². The largest absolute Gasteiger partial charge is 0.508 e. The number of fused-ring (bicyclic) bond motifs is 1. The zero-order valence-electron chi connectivity index (χ0n) is 14.7. The molecule has 2 N–H and O–H groups in total.